The summed E-state index contributed by atoms with van der Waals surface area (Å²) < 4.78 is 5.22. The summed E-state index contributed by atoms with van der Waals surface area (Å²) in [6, 6.07) is 0.0429. The van der Waals surface area contributed by atoms with Gasteiger partial charge in [0.2, 0.25) is 5.89 Å². The highest BCUT2D eigenvalue weighted by Gasteiger charge is 2.30. The minimum Gasteiger partial charge on any atom is -0.392 e. The van der Waals surface area contributed by atoms with Crippen molar-refractivity contribution in [3.8, 4) is 0 Å². The van der Waals surface area contributed by atoms with E-state index in [0.717, 1.165) is 5.82 Å². The Labute approximate surface area is 87.9 Å². The highest BCUT2D eigenvalue weighted by molar-refractivity contribution is 5.03. The molecule has 1 saturated carbocycles. The molecule has 1 aliphatic carbocycles. The number of aliphatic hydroxyl groups excluding tert-OH is 1. The molecular formula is C10H15N3O2. The van der Waals surface area contributed by atoms with E-state index >= 15 is 0 Å². The van der Waals surface area contributed by atoms with Crippen LogP contribution in [0.4, 0.5) is 0 Å². The molecule has 5 nitrogen and oxygen atoms in total. The van der Waals surface area contributed by atoms with E-state index in [9.17, 15) is 5.11 Å². The van der Waals surface area contributed by atoms with Crippen LogP contribution >= 0.6 is 0 Å². The highest BCUT2D eigenvalue weighted by Crippen LogP contribution is 2.35. The average molecular weight is 209 g/mol. The molecule has 0 bridgehead atoms. The Morgan fingerprint density at radius 1 is 1.40 bits per heavy atom. The van der Waals surface area contributed by atoms with Crippen LogP contribution in [0.15, 0.2) is 4.52 Å². The Balaban J connectivity index is 1.72. The summed E-state index contributed by atoms with van der Waals surface area (Å²) in [6.07, 6.45) is 4.02. The van der Waals surface area contributed by atoms with E-state index in [1.807, 2.05) is 0 Å². The molecule has 5 heteroatoms. The smallest absolute Gasteiger partial charge is 0.243 e. The first kappa shape index (κ1) is 9.30. The minimum atomic E-state index is -0.283. The maximum atomic E-state index is 9.38. The number of aliphatic hydroxyl groups is 1. The zero-order valence-electron chi connectivity index (χ0n) is 8.52. The van der Waals surface area contributed by atoms with Gasteiger partial charge in [0.25, 0.3) is 0 Å². The van der Waals surface area contributed by atoms with Gasteiger partial charge in [0.05, 0.1) is 12.1 Å². The minimum absolute atomic E-state index is 0.0429. The van der Waals surface area contributed by atoms with E-state index in [4.69, 9.17) is 4.52 Å². The first-order valence-electron chi connectivity index (χ1n) is 5.58. The van der Waals surface area contributed by atoms with Gasteiger partial charge in [-0.3, -0.25) is 0 Å². The fraction of sp³-hybridized carbons (Fsp3) is 0.800. The standard InChI is InChI=1S/C10H15N3O2/c14-7-4-8(11-5-7)10-12-9(13-15-10)6-2-1-3-6/h6-8,11,14H,1-5H2/t7-,8-/m0/s1. The lowest BCUT2D eigenvalue weighted by Crippen LogP contribution is -2.15. The van der Waals surface area contributed by atoms with Gasteiger partial charge in [-0.05, 0) is 19.3 Å². The Morgan fingerprint density at radius 3 is 2.87 bits per heavy atom. The largest absolute Gasteiger partial charge is 0.392 e. The number of aromatic nitrogens is 2. The molecule has 0 radical (unpaired) electrons. The predicted octanol–water partition coefficient (Wildman–Crippen LogP) is 0.732. The zero-order valence-corrected chi connectivity index (χ0v) is 8.52. The normalized spacial score (nSPS) is 31.8. The summed E-state index contributed by atoms with van der Waals surface area (Å²) in [6.45, 7) is 0.617. The van der Waals surface area contributed by atoms with Gasteiger partial charge in [-0.1, -0.05) is 11.6 Å². The van der Waals surface area contributed by atoms with Gasteiger partial charge in [0.15, 0.2) is 5.82 Å². The van der Waals surface area contributed by atoms with E-state index in [2.05, 4.69) is 15.5 Å². The molecule has 1 saturated heterocycles. The Hall–Kier alpha value is -0.940. The van der Waals surface area contributed by atoms with Crippen LogP contribution in [0.25, 0.3) is 0 Å². The van der Waals surface area contributed by atoms with Crippen molar-refractivity contribution >= 4 is 0 Å². The van der Waals surface area contributed by atoms with Crippen LogP contribution in [0.2, 0.25) is 0 Å². The molecule has 15 heavy (non-hydrogen) atoms. The van der Waals surface area contributed by atoms with Crippen LogP contribution in [0.3, 0.4) is 0 Å². The van der Waals surface area contributed by atoms with Gasteiger partial charge >= 0.3 is 0 Å². The summed E-state index contributed by atoms with van der Waals surface area (Å²) in [7, 11) is 0. The van der Waals surface area contributed by atoms with Gasteiger partial charge < -0.3 is 14.9 Å². The molecule has 0 amide bonds. The van der Waals surface area contributed by atoms with Crippen LogP contribution in [0, 0.1) is 0 Å². The summed E-state index contributed by atoms with van der Waals surface area (Å²) in [5, 5.41) is 16.5. The third-order valence-corrected chi connectivity index (χ3v) is 3.33. The van der Waals surface area contributed by atoms with Crippen molar-refractivity contribution in [1.82, 2.24) is 15.5 Å². The molecule has 2 aliphatic rings. The molecule has 1 aromatic rings. The number of β-amino-alcohol motifs (C(OH)–C–C–N with tert-alkyl or cyclic N) is 1. The van der Waals surface area contributed by atoms with E-state index in [1.54, 1.807) is 0 Å². The van der Waals surface area contributed by atoms with Crippen molar-refractivity contribution in [2.45, 2.75) is 43.7 Å². The van der Waals surface area contributed by atoms with Gasteiger partial charge in [0, 0.05) is 12.5 Å². The van der Waals surface area contributed by atoms with E-state index in [1.165, 1.54) is 19.3 Å². The average Bonchev–Trinajstić information content (AvgIpc) is 2.70. The number of hydrogen-bond donors (Lipinski definition) is 2. The lowest BCUT2D eigenvalue weighted by Gasteiger charge is -2.21. The van der Waals surface area contributed by atoms with Crippen LogP contribution in [0.5, 0.6) is 0 Å². The van der Waals surface area contributed by atoms with Crippen molar-refractivity contribution in [3.63, 3.8) is 0 Å². The molecule has 1 aliphatic heterocycles. The predicted molar refractivity (Wildman–Crippen MR) is 52.3 cm³/mol. The summed E-state index contributed by atoms with van der Waals surface area (Å²) in [4.78, 5) is 4.40. The fourth-order valence-electron chi connectivity index (χ4n) is 2.13. The number of nitrogens with zero attached hydrogens (tertiary/aromatic N) is 2. The molecule has 3 rings (SSSR count). The van der Waals surface area contributed by atoms with Crippen molar-refractivity contribution in [1.29, 1.82) is 0 Å². The van der Waals surface area contributed by atoms with Crippen molar-refractivity contribution in [2.75, 3.05) is 6.54 Å². The lowest BCUT2D eigenvalue weighted by atomic mass is 9.85. The second-order valence-corrected chi connectivity index (χ2v) is 4.47. The van der Waals surface area contributed by atoms with Crippen molar-refractivity contribution in [3.05, 3.63) is 11.7 Å². The first-order valence-corrected chi connectivity index (χ1v) is 5.58. The summed E-state index contributed by atoms with van der Waals surface area (Å²) >= 11 is 0. The number of hydrogen-bond acceptors (Lipinski definition) is 5. The number of nitrogens with one attached hydrogen (secondary N) is 1. The Morgan fingerprint density at radius 2 is 2.27 bits per heavy atom. The van der Waals surface area contributed by atoms with Crippen molar-refractivity contribution in [2.24, 2.45) is 0 Å². The summed E-state index contributed by atoms with van der Waals surface area (Å²) in [5.41, 5.74) is 0. The monoisotopic (exact) mass is 209 g/mol. The molecule has 1 aromatic heterocycles. The molecule has 2 N–H and O–H groups in total. The maximum absolute atomic E-state index is 9.38. The van der Waals surface area contributed by atoms with Crippen LogP contribution < -0.4 is 5.32 Å². The molecule has 0 aromatic carbocycles. The highest BCUT2D eigenvalue weighted by atomic mass is 16.5. The lowest BCUT2D eigenvalue weighted by molar-refractivity contribution is 0.191. The fourth-order valence-corrected chi connectivity index (χ4v) is 2.13. The molecule has 0 spiro atoms. The SMILES string of the molecule is O[C@@H]1CN[C@H](c2nc(C3CCC3)no2)C1. The van der Waals surface area contributed by atoms with Gasteiger partial charge in [-0.25, -0.2) is 0 Å². The van der Waals surface area contributed by atoms with Crippen molar-refractivity contribution < 1.29 is 9.63 Å². The topological polar surface area (TPSA) is 71.2 Å². The molecule has 82 valence electrons. The van der Waals surface area contributed by atoms with E-state index in [0.29, 0.717) is 24.8 Å². The Kier molecular flexibility index (Phi) is 2.21. The van der Waals surface area contributed by atoms with Gasteiger partial charge in [-0.2, -0.15) is 4.98 Å². The second kappa shape index (κ2) is 3.57. The van der Waals surface area contributed by atoms with Crippen LogP contribution in [0.1, 0.15) is 49.4 Å². The molecule has 0 unspecified atom stereocenters. The van der Waals surface area contributed by atoms with E-state index < -0.39 is 0 Å². The molecular weight excluding hydrogens is 194 g/mol. The van der Waals surface area contributed by atoms with Crippen LogP contribution in [-0.4, -0.2) is 27.9 Å². The van der Waals surface area contributed by atoms with E-state index in [-0.39, 0.29) is 12.1 Å². The first-order chi connectivity index (χ1) is 7.33. The Bertz CT molecular complexity index is 348. The quantitative estimate of drug-likeness (QED) is 0.751. The molecule has 2 fully saturated rings. The zero-order chi connectivity index (χ0) is 10.3. The van der Waals surface area contributed by atoms with Crippen LogP contribution in [-0.2, 0) is 0 Å². The van der Waals surface area contributed by atoms with Gasteiger partial charge in [-0.15, -0.1) is 0 Å². The third-order valence-electron chi connectivity index (χ3n) is 3.33. The summed E-state index contributed by atoms with van der Waals surface area (Å²) in [5.74, 6) is 1.99. The maximum Gasteiger partial charge on any atom is 0.243 e. The number of rotatable bonds is 2. The third kappa shape index (κ3) is 1.66. The molecule has 2 atom stereocenters. The molecule has 2 heterocycles. The van der Waals surface area contributed by atoms with Gasteiger partial charge in [0.1, 0.15) is 0 Å². The second-order valence-electron chi connectivity index (χ2n) is 4.47.